The van der Waals surface area contributed by atoms with Crippen LogP contribution in [0, 0.1) is 16.9 Å². The van der Waals surface area contributed by atoms with E-state index in [1.165, 1.54) is 0 Å². The average molecular weight is 285 g/mol. The second kappa shape index (κ2) is 5.45. The summed E-state index contributed by atoms with van der Waals surface area (Å²) in [5.41, 5.74) is 5.46. The Labute approximate surface area is 123 Å². The van der Waals surface area contributed by atoms with Gasteiger partial charge in [0.05, 0.1) is 11.1 Å². The van der Waals surface area contributed by atoms with Gasteiger partial charge in [0.2, 0.25) is 0 Å². The zero-order chi connectivity index (χ0) is 14.8. The highest BCUT2D eigenvalue weighted by Gasteiger charge is 2.42. The fourth-order valence-corrected chi connectivity index (χ4v) is 2.87. The van der Waals surface area contributed by atoms with Crippen LogP contribution in [0.5, 0.6) is 0 Å². The Bertz CT molecular complexity index is 558. The maximum Gasteiger partial charge on any atom is 0.149 e. The summed E-state index contributed by atoms with van der Waals surface area (Å²) >= 11 is 0. The van der Waals surface area contributed by atoms with Gasteiger partial charge in [-0.2, -0.15) is 0 Å². The van der Waals surface area contributed by atoms with E-state index < -0.39 is 8.07 Å². The van der Waals surface area contributed by atoms with Crippen molar-refractivity contribution in [1.82, 2.24) is 0 Å². The highest BCUT2D eigenvalue weighted by atomic mass is 28.3. The van der Waals surface area contributed by atoms with E-state index in [2.05, 4.69) is 62.2 Å². The molecule has 3 heteroatoms. The fourth-order valence-electron chi connectivity index (χ4n) is 2.24. The zero-order valence-electron chi connectivity index (χ0n) is 13.0. The Balaban J connectivity index is 2.13. The van der Waals surface area contributed by atoms with Crippen LogP contribution in [0.4, 0.5) is 0 Å². The second-order valence-corrected chi connectivity index (χ2v) is 11.6. The number of rotatable bonds is 2. The Morgan fingerprint density at radius 3 is 2.45 bits per heavy atom. The van der Waals surface area contributed by atoms with Crippen molar-refractivity contribution in [1.29, 1.82) is 0 Å². The summed E-state index contributed by atoms with van der Waals surface area (Å²) in [7, 11) is -1.31. The van der Waals surface area contributed by atoms with Crippen molar-refractivity contribution in [3.63, 3.8) is 0 Å². The van der Waals surface area contributed by atoms with E-state index in [1.54, 1.807) is 0 Å². The topological polar surface area (TPSA) is 21.6 Å². The molecule has 0 aliphatic carbocycles. The number of benzene rings is 1. The minimum Gasteiger partial charge on any atom is -0.390 e. The normalized spacial score (nSPS) is 20.6. The molecule has 0 aromatic heterocycles. The molecule has 1 aliphatic rings. The summed E-state index contributed by atoms with van der Waals surface area (Å²) in [6, 6.07) is 10.3. The smallest absolute Gasteiger partial charge is 0.149 e. The van der Waals surface area contributed by atoms with Crippen LogP contribution < -0.4 is 0 Å². The minimum absolute atomic E-state index is 0.0431. The lowest BCUT2D eigenvalue weighted by Gasteiger charge is -2.24. The van der Waals surface area contributed by atoms with E-state index in [9.17, 15) is 0 Å². The largest absolute Gasteiger partial charge is 0.390 e. The number of oxime groups is 1. The zero-order valence-corrected chi connectivity index (χ0v) is 14.0. The molecule has 0 N–H and O–H groups in total. The van der Waals surface area contributed by atoms with Crippen LogP contribution in [0.25, 0.3) is 0 Å². The van der Waals surface area contributed by atoms with Gasteiger partial charge in [0.25, 0.3) is 0 Å². The predicted octanol–water partition coefficient (Wildman–Crippen LogP) is 4.09. The van der Waals surface area contributed by atoms with Gasteiger partial charge >= 0.3 is 0 Å². The number of nitrogens with zero attached hydrogens (tertiary/aromatic N) is 1. The Morgan fingerprint density at radius 1 is 1.20 bits per heavy atom. The van der Waals surface area contributed by atoms with Crippen LogP contribution >= 0.6 is 0 Å². The maximum absolute atomic E-state index is 5.65. The van der Waals surface area contributed by atoms with Crippen LogP contribution in [0.2, 0.25) is 19.6 Å². The molecule has 1 atom stereocenters. The van der Waals surface area contributed by atoms with Gasteiger partial charge in [-0.05, 0) is 5.56 Å². The van der Waals surface area contributed by atoms with Crippen molar-refractivity contribution in [2.24, 2.45) is 10.6 Å². The third kappa shape index (κ3) is 3.32. The van der Waals surface area contributed by atoms with Crippen molar-refractivity contribution < 1.29 is 4.84 Å². The molecule has 2 nitrogen and oxygen atoms in total. The summed E-state index contributed by atoms with van der Waals surface area (Å²) in [5.74, 6) is 3.31. The molecule has 0 saturated carbocycles. The summed E-state index contributed by atoms with van der Waals surface area (Å²) in [4.78, 5) is 5.65. The van der Waals surface area contributed by atoms with Crippen molar-refractivity contribution in [3.05, 3.63) is 35.9 Å². The van der Waals surface area contributed by atoms with Crippen molar-refractivity contribution in [3.8, 4) is 11.5 Å². The van der Waals surface area contributed by atoms with Gasteiger partial charge < -0.3 is 4.84 Å². The molecule has 20 heavy (non-hydrogen) atoms. The number of hydrogen-bond acceptors (Lipinski definition) is 2. The fraction of sp³-hybridized carbons (Fsp3) is 0.471. The quantitative estimate of drug-likeness (QED) is 0.592. The summed E-state index contributed by atoms with van der Waals surface area (Å²) in [6.07, 6.45) is 0.790. The number of hydrogen-bond donors (Lipinski definition) is 0. The molecule has 1 aromatic carbocycles. The molecule has 1 heterocycles. The van der Waals surface area contributed by atoms with E-state index in [1.807, 2.05) is 18.2 Å². The molecule has 2 rings (SSSR count). The van der Waals surface area contributed by atoms with Gasteiger partial charge in [0.15, 0.2) is 0 Å². The van der Waals surface area contributed by atoms with E-state index >= 15 is 0 Å². The molecular weight excluding hydrogens is 262 g/mol. The molecule has 0 saturated heterocycles. The van der Waals surface area contributed by atoms with E-state index in [-0.39, 0.29) is 11.5 Å². The lowest BCUT2D eigenvalue weighted by Crippen LogP contribution is -2.33. The van der Waals surface area contributed by atoms with E-state index in [0.717, 1.165) is 17.7 Å². The summed E-state index contributed by atoms with van der Waals surface area (Å²) in [6.45, 7) is 11.1. The second-order valence-electron chi connectivity index (χ2n) is 6.88. The SMILES string of the molecule is CC1(C)C(c2ccccc2)=NOC1CC#C[Si](C)(C)C. The summed E-state index contributed by atoms with van der Waals surface area (Å²) < 4.78 is 0. The van der Waals surface area contributed by atoms with E-state index in [4.69, 9.17) is 4.84 Å². The van der Waals surface area contributed by atoms with Gasteiger partial charge in [-0.1, -0.05) is 69.0 Å². The molecule has 0 spiro atoms. The maximum atomic E-state index is 5.65. The highest BCUT2D eigenvalue weighted by molar-refractivity contribution is 6.83. The van der Waals surface area contributed by atoms with Gasteiger partial charge in [-0.3, -0.25) is 0 Å². The first kappa shape index (κ1) is 14.9. The lowest BCUT2D eigenvalue weighted by atomic mass is 9.78. The lowest BCUT2D eigenvalue weighted by molar-refractivity contribution is 0.0407. The molecule has 1 unspecified atom stereocenters. The van der Waals surface area contributed by atoms with Gasteiger partial charge in [0.1, 0.15) is 14.2 Å². The first-order chi connectivity index (χ1) is 9.31. The molecule has 0 radical (unpaired) electrons. The molecule has 0 bridgehead atoms. The van der Waals surface area contributed by atoms with Crippen LogP contribution in [0.15, 0.2) is 35.5 Å². The standard InChI is InChI=1S/C17H23NOSi/c1-17(2)15(12-9-13-20(3,4)5)19-18-16(17)14-10-7-6-8-11-14/h6-8,10-11,15H,12H2,1-5H3. The molecule has 1 aliphatic heterocycles. The van der Waals surface area contributed by atoms with Crippen LogP contribution in [0.3, 0.4) is 0 Å². The molecular formula is C17H23NOSi. The Hall–Kier alpha value is -1.53. The van der Waals surface area contributed by atoms with Gasteiger partial charge in [-0.15, -0.1) is 11.5 Å². The third-order valence-electron chi connectivity index (χ3n) is 3.48. The molecule has 0 fully saturated rings. The predicted molar refractivity (Wildman–Crippen MR) is 87.4 cm³/mol. The summed E-state index contributed by atoms with van der Waals surface area (Å²) in [5, 5.41) is 4.32. The molecule has 106 valence electrons. The van der Waals surface area contributed by atoms with Gasteiger partial charge in [-0.25, -0.2) is 0 Å². The van der Waals surface area contributed by atoms with E-state index in [0.29, 0.717) is 0 Å². The van der Waals surface area contributed by atoms with Crippen molar-refractivity contribution >= 4 is 13.8 Å². The first-order valence-electron chi connectivity index (χ1n) is 7.10. The van der Waals surface area contributed by atoms with Crippen LogP contribution in [0.1, 0.15) is 25.8 Å². The monoisotopic (exact) mass is 285 g/mol. The molecule has 1 aromatic rings. The Morgan fingerprint density at radius 2 is 1.85 bits per heavy atom. The Kier molecular flexibility index (Phi) is 4.05. The minimum atomic E-state index is -1.31. The van der Waals surface area contributed by atoms with Crippen molar-refractivity contribution in [2.45, 2.75) is 46.0 Å². The first-order valence-corrected chi connectivity index (χ1v) is 10.6. The highest BCUT2D eigenvalue weighted by Crippen LogP contribution is 2.36. The third-order valence-corrected chi connectivity index (χ3v) is 4.41. The van der Waals surface area contributed by atoms with Crippen molar-refractivity contribution in [2.75, 3.05) is 0 Å². The van der Waals surface area contributed by atoms with Crippen LogP contribution in [-0.4, -0.2) is 19.9 Å². The molecule has 0 amide bonds. The van der Waals surface area contributed by atoms with Crippen LogP contribution in [-0.2, 0) is 4.84 Å². The van der Waals surface area contributed by atoms with Gasteiger partial charge in [0, 0.05) is 6.42 Å². The average Bonchev–Trinajstić information content (AvgIpc) is 2.65.